The van der Waals surface area contributed by atoms with Crippen molar-refractivity contribution in [1.82, 2.24) is 20.4 Å². The van der Waals surface area contributed by atoms with Crippen LogP contribution in [0.4, 0.5) is 0 Å². The third-order valence-electron chi connectivity index (χ3n) is 6.33. The first-order chi connectivity index (χ1) is 15.1. The number of ether oxygens (including phenoxy) is 1. The molecule has 2 amide bonds. The Morgan fingerprint density at radius 3 is 2.66 bits per heavy atom. The molecule has 3 aliphatic heterocycles. The number of aliphatic carboxylic acids is 1. The van der Waals surface area contributed by atoms with Crippen LogP contribution in [0.3, 0.4) is 0 Å². The first-order valence-corrected chi connectivity index (χ1v) is 11.8. The zero-order valence-corrected chi connectivity index (χ0v) is 19.9. The highest BCUT2D eigenvalue weighted by molar-refractivity contribution is 8.03. The Kier molecular flexibility index (Phi) is 7.51. The molecule has 0 radical (unpaired) electrons. The molecule has 0 spiro atoms. The van der Waals surface area contributed by atoms with E-state index in [2.05, 4.69) is 10.6 Å². The monoisotopic (exact) mass is 468 g/mol. The quantitative estimate of drug-likeness (QED) is 0.313. The van der Waals surface area contributed by atoms with Gasteiger partial charge in [0.1, 0.15) is 5.70 Å². The van der Waals surface area contributed by atoms with Crippen LogP contribution < -0.4 is 10.6 Å². The summed E-state index contributed by atoms with van der Waals surface area (Å²) in [6.45, 7) is 6.38. The summed E-state index contributed by atoms with van der Waals surface area (Å²) in [4.78, 5) is 52.5. The number of nitrogens with zero attached hydrogens (tertiary/aromatic N) is 2. The van der Waals surface area contributed by atoms with E-state index in [0.717, 1.165) is 0 Å². The van der Waals surface area contributed by atoms with Gasteiger partial charge in [0.15, 0.2) is 0 Å². The van der Waals surface area contributed by atoms with E-state index in [1.54, 1.807) is 25.9 Å². The topological polar surface area (TPSA) is 128 Å². The van der Waals surface area contributed by atoms with E-state index < -0.39 is 17.9 Å². The maximum Gasteiger partial charge on any atom is 0.353 e. The molecule has 0 aromatic rings. The van der Waals surface area contributed by atoms with Crippen molar-refractivity contribution in [3.63, 3.8) is 0 Å². The Balaban J connectivity index is 1.70. The van der Waals surface area contributed by atoms with Crippen LogP contribution in [0.1, 0.15) is 27.2 Å². The fraction of sp³-hybridized carbons (Fsp3) is 0.714. The van der Waals surface area contributed by atoms with Crippen molar-refractivity contribution in [3.8, 4) is 0 Å². The molecule has 6 atom stereocenters. The Morgan fingerprint density at radius 2 is 2.06 bits per heavy atom. The van der Waals surface area contributed by atoms with Crippen molar-refractivity contribution in [2.75, 3.05) is 33.8 Å². The Hall–Kier alpha value is -2.11. The molecule has 10 nitrogen and oxygen atoms in total. The van der Waals surface area contributed by atoms with E-state index in [1.165, 1.54) is 16.7 Å². The average molecular weight is 469 g/mol. The third kappa shape index (κ3) is 4.51. The summed E-state index contributed by atoms with van der Waals surface area (Å²) in [6.07, 6.45) is 0.602. The number of carbonyl (C=O) groups excluding carboxylic acids is 3. The van der Waals surface area contributed by atoms with Crippen molar-refractivity contribution in [2.24, 2.45) is 11.8 Å². The van der Waals surface area contributed by atoms with Gasteiger partial charge >= 0.3 is 11.9 Å². The average Bonchev–Trinajstić information content (AvgIpc) is 3.28. The second-order valence-corrected chi connectivity index (χ2v) is 10.0. The van der Waals surface area contributed by atoms with Crippen molar-refractivity contribution in [1.29, 1.82) is 0 Å². The lowest BCUT2D eigenvalue weighted by Gasteiger charge is -2.47. The number of likely N-dealkylation sites (N-methyl/N-ethyl adjacent to an activating group) is 1. The number of hydrogen-bond donors (Lipinski definition) is 3. The summed E-state index contributed by atoms with van der Waals surface area (Å²) in [7, 11) is 3.42. The molecule has 0 aromatic carbocycles. The summed E-state index contributed by atoms with van der Waals surface area (Å²) in [6, 6.07) is -0.855. The predicted octanol–water partition coefficient (Wildman–Crippen LogP) is -0.148. The van der Waals surface area contributed by atoms with Crippen molar-refractivity contribution in [2.45, 2.75) is 50.6 Å². The van der Waals surface area contributed by atoms with Crippen LogP contribution >= 0.6 is 11.8 Å². The highest BCUT2D eigenvalue weighted by Crippen LogP contribution is 2.51. The Labute approximate surface area is 192 Å². The minimum absolute atomic E-state index is 0.000526. The molecule has 3 heterocycles. The van der Waals surface area contributed by atoms with E-state index in [-0.39, 0.29) is 60.0 Å². The Morgan fingerprint density at radius 1 is 1.38 bits per heavy atom. The summed E-state index contributed by atoms with van der Waals surface area (Å²) in [5.41, 5.74) is 0.0497. The molecule has 3 N–H and O–H groups in total. The van der Waals surface area contributed by atoms with Crippen molar-refractivity contribution < 1.29 is 29.0 Å². The molecule has 2 saturated heterocycles. The van der Waals surface area contributed by atoms with Gasteiger partial charge in [0.2, 0.25) is 11.8 Å². The van der Waals surface area contributed by atoms with Crippen LogP contribution in [-0.2, 0) is 23.9 Å². The molecule has 0 bridgehead atoms. The van der Waals surface area contributed by atoms with Gasteiger partial charge in [0.05, 0.1) is 31.2 Å². The van der Waals surface area contributed by atoms with Gasteiger partial charge in [-0.2, -0.15) is 0 Å². The molecule has 0 unspecified atom stereocenters. The van der Waals surface area contributed by atoms with E-state index in [0.29, 0.717) is 17.9 Å². The highest BCUT2D eigenvalue weighted by Gasteiger charge is 2.60. The zero-order chi connectivity index (χ0) is 23.7. The van der Waals surface area contributed by atoms with Gasteiger partial charge in [-0.05, 0) is 20.3 Å². The second-order valence-electron chi connectivity index (χ2n) is 8.67. The standard InChI is InChI=1S/C21H32N4O6S/c1-6-31-14(26)9-22-11(3)15-16-10(2)18(17(21(29)30)25(16)20(15)28)32-12-7-13(23-8-12)19(27)24(4)5/h10-13,15-16,22-23H,6-9H2,1-5H3,(H,29,30)/t10-,11-,12+,13+,15-,16-/m1/s1. The normalized spacial score (nSPS) is 30.1. The molecule has 2 fully saturated rings. The van der Waals surface area contributed by atoms with Gasteiger partial charge in [-0.25, -0.2) is 4.79 Å². The van der Waals surface area contributed by atoms with E-state index >= 15 is 0 Å². The number of nitrogens with one attached hydrogen (secondary N) is 2. The SMILES string of the molecule is CCOC(=O)CN[C@H](C)[C@H]1C(=O)N2C(C(=O)O)=C(S[C@@H]3CN[C@H](C(=O)N(C)C)C3)[C@H](C)[C@H]12. The minimum atomic E-state index is -1.12. The first-order valence-electron chi connectivity index (χ1n) is 10.9. The summed E-state index contributed by atoms with van der Waals surface area (Å²) in [5, 5.41) is 16.2. The minimum Gasteiger partial charge on any atom is -0.477 e. The maximum absolute atomic E-state index is 12.9. The van der Waals surface area contributed by atoms with Crippen molar-refractivity contribution >= 4 is 35.5 Å². The van der Waals surface area contributed by atoms with Crippen LogP contribution in [0, 0.1) is 11.8 Å². The van der Waals surface area contributed by atoms with Crippen LogP contribution in [0.25, 0.3) is 0 Å². The predicted molar refractivity (Wildman–Crippen MR) is 119 cm³/mol. The van der Waals surface area contributed by atoms with Gasteiger partial charge < -0.3 is 30.3 Å². The van der Waals surface area contributed by atoms with Crippen LogP contribution in [0.15, 0.2) is 10.6 Å². The number of esters is 1. The zero-order valence-electron chi connectivity index (χ0n) is 19.1. The molecule has 0 aromatic heterocycles. The fourth-order valence-corrected chi connectivity index (χ4v) is 6.23. The van der Waals surface area contributed by atoms with Crippen LogP contribution in [-0.4, -0.2) is 95.8 Å². The van der Waals surface area contributed by atoms with Gasteiger partial charge in [0.25, 0.3) is 0 Å². The largest absolute Gasteiger partial charge is 0.477 e. The summed E-state index contributed by atoms with van der Waals surface area (Å²) < 4.78 is 4.92. The van der Waals surface area contributed by atoms with Gasteiger partial charge in [-0.3, -0.25) is 14.4 Å². The maximum atomic E-state index is 12.9. The van der Waals surface area contributed by atoms with Crippen LogP contribution in [0.2, 0.25) is 0 Å². The number of amides is 2. The molecule has 0 saturated carbocycles. The molecule has 178 valence electrons. The third-order valence-corrected chi connectivity index (χ3v) is 7.84. The van der Waals surface area contributed by atoms with Gasteiger partial charge in [-0.1, -0.05) is 6.92 Å². The van der Waals surface area contributed by atoms with E-state index in [1.807, 2.05) is 13.8 Å². The summed E-state index contributed by atoms with van der Waals surface area (Å²) in [5.74, 6) is -2.32. The molecular formula is C21H32N4O6S. The molecular weight excluding hydrogens is 436 g/mol. The first kappa shape index (κ1) is 24.5. The molecule has 3 aliphatic rings. The lowest BCUT2D eigenvalue weighted by atomic mass is 9.78. The highest BCUT2D eigenvalue weighted by atomic mass is 32.2. The fourth-order valence-electron chi connectivity index (χ4n) is 4.75. The second kappa shape index (κ2) is 9.80. The number of β-lactam (4-membered cyclic amide) rings is 1. The molecule has 0 aliphatic carbocycles. The lowest BCUT2D eigenvalue weighted by Crippen LogP contribution is -2.66. The number of carbonyl (C=O) groups is 4. The van der Waals surface area contributed by atoms with Crippen molar-refractivity contribution in [3.05, 3.63) is 10.6 Å². The number of carboxylic acid groups (broad SMARTS) is 1. The smallest absolute Gasteiger partial charge is 0.353 e. The molecule has 32 heavy (non-hydrogen) atoms. The van der Waals surface area contributed by atoms with Gasteiger partial charge in [-0.15, -0.1) is 11.8 Å². The lowest BCUT2D eigenvalue weighted by molar-refractivity contribution is -0.158. The number of carboxylic acids is 1. The summed E-state index contributed by atoms with van der Waals surface area (Å²) >= 11 is 1.46. The van der Waals surface area contributed by atoms with E-state index in [9.17, 15) is 24.3 Å². The number of thioether (sulfide) groups is 1. The number of rotatable bonds is 9. The molecule has 3 rings (SSSR count). The van der Waals surface area contributed by atoms with Gasteiger partial charge in [0, 0.05) is 42.8 Å². The van der Waals surface area contributed by atoms with E-state index in [4.69, 9.17) is 4.74 Å². The molecule has 11 heteroatoms. The number of fused-ring (bicyclic) bond motifs is 1. The van der Waals surface area contributed by atoms with Crippen LogP contribution in [0.5, 0.6) is 0 Å². The number of hydrogen-bond acceptors (Lipinski definition) is 8. The Bertz CT molecular complexity index is 831.